The Morgan fingerprint density at radius 2 is 2.19 bits per heavy atom. The summed E-state index contributed by atoms with van der Waals surface area (Å²) in [7, 11) is 0. The second-order valence-electron chi connectivity index (χ2n) is 5.53. The molecule has 2 unspecified atom stereocenters. The molecule has 3 rings (SSSR count). The molecule has 0 bridgehead atoms. The molecule has 0 N–H and O–H groups in total. The Kier molecular flexibility index (Phi) is 3.94. The number of hydrogen-bond donors (Lipinski definition) is 0. The van der Waals surface area contributed by atoms with E-state index < -0.39 is 0 Å². The van der Waals surface area contributed by atoms with Gasteiger partial charge in [0.25, 0.3) is 0 Å². The van der Waals surface area contributed by atoms with Gasteiger partial charge in [0.05, 0.1) is 12.0 Å². The van der Waals surface area contributed by atoms with Crippen LogP contribution in [-0.4, -0.2) is 11.5 Å². The minimum atomic E-state index is -0.344. The minimum absolute atomic E-state index is 0.162. The van der Waals surface area contributed by atoms with Crippen molar-refractivity contribution in [2.45, 2.75) is 32.1 Å². The summed E-state index contributed by atoms with van der Waals surface area (Å²) in [6.07, 6.45) is 2.29. The minimum Gasteiger partial charge on any atom is -0.294 e. The van der Waals surface area contributed by atoms with E-state index in [1.807, 2.05) is 25.1 Å². The van der Waals surface area contributed by atoms with E-state index in [1.165, 1.54) is 0 Å². The van der Waals surface area contributed by atoms with Crippen molar-refractivity contribution in [2.75, 3.05) is 0 Å². The van der Waals surface area contributed by atoms with Gasteiger partial charge in [-0.15, -0.1) is 0 Å². The van der Waals surface area contributed by atoms with Crippen molar-refractivity contribution >= 4 is 34.1 Å². The predicted molar refractivity (Wildman–Crippen MR) is 90.0 cm³/mol. The average Bonchev–Trinajstić information content (AvgIpc) is 2.46. The third kappa shape index (κ3) is 2.55. The van der Waals surface area contributed by atoms with Crippen molar-refractivity contribution in [1.82, 2.24) is 0 Å². The summed E-state index contributed by atoms with van der Waals surface area (Å²) in [6.45, 7) is 1.90. The van der Waals surface area contributed by atoms with Gasteiger partial charge in [-0.2, -0.15) is 5.26 Å². The van der Waals surface area contributed by atoms with Crippen LogP contribution in [0.1, 0.15) is 37.7 Å². The zero-order valence-corrected chi connectivity index (χ0v) is 13.9. The Labute approximate surface area is 137 Å². The number of Topliss-reactive ketones (excluding diaryl/α,β-unsaturated/α-hetero) is 1. The van der Waals surface area contributed by atoms with Crippen molar-refractivity contribution in [3.05, 3.63) is 44.7 Å². The third-order valence-corrected chi connectivity index (χ3v) is 4.85. The highest BCUT2D eigenvalue weighted by Gasteiger charge is 2.38. The van der Waals surface area contributed by atoms with Crippen LogP contribution in [0.5, 0.6) is 0 Å². The van der Waals surface area contributed by atoms with E-state index in [1.54, 1.807) is 0 Å². The molecule has 21 heavy (non-hydrogen) atoms. The van der Waals surface area contributed by atoms with E-state index in [2.05, 4.69) is 39.7 Å². The quantitative estimate of drug-likeness (QED) is 0.681. The number of allylic oxidation sites excluding steroid dienone is 2. The lowest BCUT2D eigenvalue weighted by molar-refractivity contribution is -0.116. The van der Waals surface area contributed by atoms with Gasteiger partial charge in [-0.1, -0.05) is 12.1 Å². The van der Waals surface area contributed by atoms with Crippen LogP contribution >= 0.6 is 22.6 Å². The molecule has 106 valence electrons. The number of carbonyl (C=O) groups excluding carboxylic acids is 1. The Morgan fingerprint density at radius 3 is 2.90 bits per heavy atom. The second kappa shape index (κ2) is 5.72. The van der Waals surface area contributed by atoms with Gasteiger partial charge in [-0.3, -0.25) is 9.79 Å². The lowest BCUT2D eigenvalue weighted by atomic mass is 9.72. The van der Waals surface area contributed by atoms with Crippen LogP contribution in [0.15, 0.2) is 40.5 Å². The summed E-state index contributed by atoms with van der Waals surface area (Å²) < 4.78 is 1.12. The first-order valence-corrected chi connectivity index (χ1v) is 8.16. The summed E-state index contributed by atoms with van der Waals surface area (Å²) in [5, 5.41) is 9.57. The lowest BCUT2D eigenvalue weighted by Gasteiger charge is -2.32. The fourth-order valence-electron chi connectivity index (χ4n) is 3.23. The summed E-state index contributed by atoms with van der Waals surface area (Å²) >= 11 is 2.26. The normalized spacial score (nSPS) is 25.2. The van der Waals surface area contributed by atoms with Crippen LogP contribution in [0, 0.1) is 20.8 Å². The molecule has 1 heterocycles. The molecule has 1 aliphatic heterocycles. The fraction of sp³-hybridized carbons (Fsp3) is 0.353. The van der Waals surface area contributed by atoms with Crippen molar-refractivity contribution in [1.29, 1.82) is 5.26 Å². The van der Waals surface area contributed by atoms with E-state index in [9.17, 15) is 10.1 Å². The average molecular weight is 390 g/mol. The lowest BCUT2D eigenvalue weighted by Crippen LogP contribution is -2.30. The number of nitriles is 1. The van der Waals surface area contributed by atoms with Crippen LogP contribution in [0.4, 0.5) is 0 Å². The highest BCUT2D eigenvalue weighted by molar-refractivity contribution is 14.1. The molecule has 0 radical (unpaired) electrons. The molecule has 0 saturated carbocycles. The smallest absolute Gasteiger partial charge is 0.161 e. The van der Waals surface area contributed by atoms with Gasteiger partial charge in [0, 0.05) is 32.9 Å². The van der Waals surface area contributed by atoms with Crippen LogP contribution in [-0.2, 0) is 4.79 Å². The van der Waals surface area contributed by atoms with Crippen molar-refractivity contribution in [2.24, 2.45) is 10.9 Å². The molecule has 1 aromatic rings. The predicted octanol–water partition coefficient (Wildman–Crippen LogP) is 4.00. The molecule has 2 atom stereocenters. The molecule has 2 aliphatic rings. The Balaban J connectivity index is 2.19. The van der Waals surface area contributed by atoms with Gasteiger partial charge in [-0.05, 0) is 60.1 Å². The number of ketones is 1. The van der Waals surface area contributed by atoms with Crippen molar-refractivity contribution in [3.8, 4) is 6.07 Å². The van der Waals surface area contributed by atoms with Gasteiger partial charge in [0.1, 0.15) is 0 Å². The van der Waals surface area contributed by atoms with E-state index in [0.717, 1.165) is 39.0 Å². The number of nitrogens with zero attached hydrogens (tertiary/aromatic N) is 2. The fourth-order valence-corrected chi connectivity index (χ4v) is 3.80. The van der Waals surface area contributed by atoms with Crippen LogP contribution in [0.25, 0.3) is 0 Å². The molecule has 0 amide bonds. The van der Waals surface area contributed by atoms with Crippen molar-refractivity contribution in [3.63, 3.8) is 0 Å². The van der Waals surface area contributed by atoms with Gasteiger partial charge in [0.2, 0.25) is 0 Å². The van der Waals surface area contributed by atoms with E-state index >= 15 is 0 Å². The molecule has 0 aromatic heterocycles. The molecule has 1 aromatic carbocycles. The van der Waals surface area contributed by atoms with E-state index in [-0.39, 0.29) is 17.6 Å². The highest BCUT2D eigenvalue weighted by atomic mass is 127. The molecular weight excluding hydrogens is 375 g/mol. The molecule has 0 fully saturated rings. The van der Waals surface area contributed by atoms with Crippen LogP contribution < -0.4 is 0 Å². The SMILES string of the molecule is CC1=NC2=C(C(=O)CCC2)C(c2cccc(I)c2)C1C#N. The number of rotatable bonds is 1. The van der Waals surface area contributed by atoms with Gasteiger partial charge < -0.3 is 0 Å². The monoisotopic (exact) mass is 390 g/mol. The maximum atomic E-state index is 12.4. The number of hydrogen-bond acceptors (Lipinski definition) is 3. The maximum absolute atomic E-state index is 12.4. The molecule has 4 heteroatoms. The van der Waals surface area contributed by atoms with Gasteiger partial charge in [-0.25, -0.2) is 0 Å². The zero-order chi connectivity index (χ0) is 15.0. The Bertz CT molecular complexity index is 712. The first kappa shape index (κ1) is 14.5. The first-order chi connectivity index (χ1) is 10.1. The summed E-state index contributed by atoms with van der Waals surface area (Å²) in [5.74, 6) is -0.342. The number of benzene rings is 1. The zero-order valence-electron chi connectivity index (χ0n) is 11.8. The molecule has 1 aliphatic carbocycles. The topological polar surface area (TPSA) is 53.2 Å². The molecule has 0 spiro atoms. The van der Waals surface area contributed by atoms with Crippen LogP contribution in [0.3, 0.4) is 0 Å². The van der Waals surface area contributed by atoms with Gasteiger partial charge >= 0.3 is 0 Å². The summed E-state index contributed by atoms with van der Waals surface area (Å²) in [5.41, 5.74) is 3.56. The van der Waals surface area contributed by atoms with E-state index in [4.69, 9.17) is 0 Å². The number of carbonyl (C=O) groups is 1. The third-order valence-electron chi connectivity index (χ3n) is 4.18. The molecular formula is C17H15IN2O. The summed E-state index contributed by atoms with van der Waals surface area (Å²) in [6, 6.07) is 10.4. The first-order valence-electron chi connectivity index (χ1n) is 7.08. The maximum Gasteiger partial charge on any atom is 0.161 e. The summed E-state index contributed by atoms with van der Waals surface area (Å²) in [4.78, 5) is 17.0. The van der Waals surface area contributed by atoms with Gasteiger partial charge in [0.15, 0.2) is 5.78 Å². The van der Waals surface area contributed by atoms with Crippen molar-refractivity contribution < 1.29 is 4.79 Å². The molecule has 0 saturated heterocycles. The number of aliphatic imine (C=N–C) groups is 1. The largest absolute Gasteiger partial charge is 0.294 e. The number of halogens is 1. The standard InChI is InChI=1S/C17H15IN2O/c1-10-13(9-19)16(11-4-2-5-12(18)8-11)17-14(20-10)6-3-7-15(17)21/h2,4-5,8,13,16H,3,6-7H2,1H3. The Morgan fingerprint density at radius 1 is 1.38 bits per heavy atom. The Hall–Kier alpha value is -1.48. The van der Waals surface area contributed by atoms with Crippen LogP contribution in [0.2, 0.25) is 0 Å². The molecule has 3 nitrogen and oxygen atoms in total. The van der Waals surface area contributed by atoms with E-state index in [0.29, 0.717) is 6.42 Å². The highest BCUT2D eigenvalue weighted by Crippen LogP contribution is 2.42. The second-order valence-corrected chi connectivity index (χ2v) is 6.78.